The van der Waals surface area contributed by atoms with Gasteiger partial charge in [-0.25, -0.2) is 9.97 Å². The fourth-order valence-electron chi connectivity index (χ4n) is 1.95. The molecule has 2 rings (SSSR count). The van der Waals surface area contributed by atoms with Crippen LogP contribution in [0.4, 0.5) is 0 Å². The van der Waals surface area contributed by atoms with E-state index in [1.165, 1.54) is 30.7 Å². The zero-order valence-corrected chi connectivity index (χ0v) is 10.8. The van der Waals surface area contributed by atoms with Crippen LogP contribution in [0.1, 0.15) is 81.9 Å². The molecule has 1 aliphatic carbocycles. The standard InChI is InChI=1S/C14H22N2/c1-9(2)12-8-13(10(3)4)16-14(15-12)11-6-5-7-11/h8-11H,5-7H2,1-4H3. The summed E-state index contributed by atoms with van der Waals surface area (Å²) in [5.74, 6) is 2.73. The van der Waals surface area contributed by atoms with Gasteiger partial charge in [0.25, 0.3) is 0 Å². The lowest BCUT2D eigenvalue weighted by molar-refractivity contribution is 0.398. The van der Waals surface area contributed by atoms with E-state index in [0.717, 1.165) is 5.82 Å². The van der Waals surface area contributed by atoms with Crippen LogP contribution in [-0.2, 0) is 0 Å². The van der Waals surface area contributed by atoms with Crippen LogP contribution in [-0.4, -0.2) is 9.97 Å². The second-order valence-electron chi connectivity index (χ2n) is 5.51. The third-order valence-corrected chi connectivity index (χ3v) is 3.44. The first-order chi connectivity index (χ1) is 7.58. The monoisotopic (exact) mass is 218 g/mol. The molecule has 1 aromatic heterocycles. The summed E-state index contributed by atoms with van der Waals surface area (Å²) in [5.41, 5.74) is 2.42. The molecular formula is C14H22N2. The molecule has 16 heavy (non-hydrogen) atoms. The van der Waals surface area contributed by atoms with Gasteiger partial charge in [0.1, 0.15) is 5.82 Å². The molecule has 1 fully saturated rings. The van der Waals surface area contributed by atoms with Crippen molar-refractivity contribution in [1.29, 1.82) is 0 Å². The van der Waals surface area contributed by atoms with Crippen molar-refractivity contribution in [3.63, 3.8) is 0 Å². The normalized spacial score (nSPS) is 16.9. The fourth-order valence-corrected chi connectivity index (χ4v) is 1.95. The first-order valence-electron chi connectivity index (χ1n) is 6.46. The van der Waals surface area contributed by atoms with E-state index in [1.807, 2.05) is 0 Å². The van der Waals surface area contributed by atoms with Gasteiger partial charge in [-0.1, -0.05) is 34.1 Å². The minimum absolute atomic E-state index is 0.499. The summed E-state index contributed by atoms with van der Waals surface area (Å²) < 4.78 is 0. The average molecular weight is 218 g/mol. The Bertz CT molecular complexity index is 339. The summed E-state index contributed by atoms with van der Waals surface area (Å²) >= 11 is 0. The molecule has 1 saturated carbocycles. The molecule has 0 radical (unpaired) electrons. The van der Waals surface area contributed by atoms with E-state index in [1.54, 1.807) is 0 Å². The Morgan fingerprint density at radius 2 is 1.50 bits per heavy atom. The zero-order valence-electron chi connectivity index (χ0n) is 10.8. The van der Waals surface area contributed by atoms with Crippen molar-refractivity contribution in [2.24, 2.45) is 0 Å². The highest BCUT2D eigenvalue weighted by molar-refractivity contribution is 5.19. The van der Waals surface area contributed by atoms with Crippen LogP contribution in [0.3, 0.4) is 0 Å². The van der Waals surface area contributed by atoms with E-state index in [0.29, 0.717) is 17.8 Å². The quantitative estimate of drug-likeness (QED) is 0.766. The van der Waals surface area contributed by atoms with Gasteiger partial charge in [-0.2, -0.15) is 0 Å². The predicted octanol–water partition coefficient (Wildman–Crippen LogP) is 3.99. The lowest BCUT2D eigenvalue weighted by atomic mass is 9.84. The van der Waals surface area contributed by atoms with E-state index >= 15 is 0 Å². The first kappa shape index (κ1) is 11.6. The third kappa shape index (κ3) is 2.26. The van der Waals surface area contributed by atoms with Crippen LogP contribution >= 0.6 is 0 Å². The largest absolute Gasteiger partial charge is 0.237 e. The maximum Gasteiger partial charge on any atom is 0.131 e. The second-order valence-corrected chi connectivity index (χ2v) is 5.51. The summed E-state index contributed by atoms with van der Waals surface area (Å²) in [6, 6.07) is 2.18. The highest BCUT2D eigenvalue weighted by atomic mass is 14.9. The molecule has 1 aromatic rings. The molecule has 0 aliphatic heterocycles. The molecule has 0 amide bonds. The summed E-state index contributed by atoms with van der Waals surface area (Å²) in [6.45, 7) is 8.82. The Morgan fingerprint density at radius 3 is 1.81 bits per heavy atom. The van der Waals surface area contributed by atoms with Gasteiger partial charge in [0.05, 0.1) is 0 Å². The van der Waals surface area contributed by atoms with E-state index in [9.17, 15) is 0 Å². The van der Waals surface area contributed by atoms with Gasteiger partial charge >= 0.3 is 0 Å². The zero-order chi connectivity index (χ0) is 11.7. The molecule has 0 N–H and O–H groups in total. The smallest absolute Gasteiger partial charge is 0.131 e. The lowest BCUT2D eigenvalue weighted by Gasteiger charge is -2.25. The average Bonchev–Trinajstić information content (AvgIpc) is 2.14. The number of aromatic nitrogens is 2. The molecule has 0 saturated heterocycles. The van der Waals surface area contributed by atoms with E-state index in [2.05, 4.69) is 33.8 Å². The first-order valence-corrected chi connectivity index (χ1v) is 6.46. The third-order valence-electron chi connectivity index (χ3n) is 3.44. The van der Waals surface area contributed by atoms with Crippen molar-refractivity contribution < 1.29 is 0 Å². The number of nitrogens with zero attached hydrogens (tertiary/aromatic N) is 2. The van der Waals surface area contributed by atoms with Crippen LogP contribution in [0.5, 0.6) is 0 Å². The van der Waals surface area contributed by atoms with Crippen LogP contribution in [0.2, 0.25) is 0 Å². The minimum atomic E-state index is 0.499. The highest BCUT2D eigenvalue weighted by Gasteiger charge is 2.23. The number of hydrogen-bond acceptors (Lipinski definition) is 2. The van der Waals surface area contributed by atoms with Crippen LogP contribution < -0.4 is 0 Å². The molecule has 0 spiro atoms. The second kappa shape index (κ2) is 4.52. The Labute approximate surface area is 98.5 Å². The minimum Gasteiger partial charge on any atom is -0.237 e. The van der Waals surface area contributed by atoms with Crippen LogP contribution in [0.25, 0.3) is 0 Å². The Morgan fingerprint density at radius 1 is 1.00 bits per heavy atom. The summed E-state index contributed by atoms with van der Waals surface area (Å²) in [4.78, 5) is 9.45. The lowest BCUT2D eigenvalue weighted by Crippen LogP contribution is -2.15. The van der Waals surface area contributed by atoms with Gasteiger partial charge in [-0.15, -0.1) is 0 Å². The Kier molecular flexibility index (Phi) is 3.27. The van der Waals surface area contributed by atoms with Crippen molar-refractivity contribution in [3.8, 4) is 0 Å². The summed E-state index contributed by atoms with van der Waals surface area (Å²) in [7, 11) is 0. The molecule has 0 bridgehead atoms. The summed E-state index contributed by atoms with van der Waals surface area (Å²) in [5, 5.41) is 0. The molecule has 1 aliphatic rings. The Balaban J connectivity index is 2.36. The van der Waals surface area contributed by atoms with Gasteiger partial charge in [-0.3, -0.25) is 0 Å². The van der Waals surface area contributed by atoms with Crippen molar-refractivity contribution in [2.45, 2.75) is 64.7 Å². The Hall–Kier alpha value is -0.920. The van der Waals surface area contributed by atoms with Crippen LogP contribution in [0, 0.1) is 0 Å². The van der Waals surface area contributed by atoms with Gasteiger partial charge in [0.15, 0.2) is 0 Å². The molecule has 0 aromatic carbocycles. The van der Waals surface area contributed by atoms with Crippen molar-refractivity contribution in [3.05, 3.63) is 23.3 Å². The highest BCUT2D eigenvalue weighted by Crippen LogP contribution is 2.35. The molecule has 0 atom stereocenters. The molecule has 2 nitrogen and oxygen atoms in total. The topological polar surface area (TPSA) is 25.8 Å². The van der Waals surface area contributed by atoms with Gasteiger partial charge in [0.2, 0.25) is 0 Å². The van der Waals surface area contributed by atoms with Gasteiger partial charge < -0.3 is 0 Å². The summed E-state index contributed by atoms with van der Waals surface area (Å²) in [6.07, 6.45) is 3.90. The molecule has 1 heterocycles. The molecule has 0 unspecified atom stereocenters. The van der Waals surface area contributed by atoms with Crippen LogP contribution in [0.15, 0.2) is 6.07 Å². The molecular weight excluding hydrogens is 196 g/mol. The molecule has 2 heteroatoms. The van der Waals surface area contributed by atoms with E-state index in [-0.39, 0.29) is 0 Å². The van der Waals surface area contributed by atoms with E-state index in [4.69, 9.17) is 9.97 Å². The number of rotatable bonds is 3. The van der Waals surface area contributed by atoms with Gasteiger partial charge in [-0.05, 0) is 30.7 Å². The fraction of sp³-hybridized carbons (Fsp3) is 0.714. The number of hydrogen-bond donors (Lipinski definition) is 0. The SMILES string of the molecule is CC(C)c1cc(C(C)C)nc(C2CCC2)n1. The van der Waals surface area contributed by atoms with E-state index < -0.39 is 0 Å². The van der Waals surface area contributed by atoms with Gasteiger partial charge in [0, 0.05) is 17.3 Å². The maximum absolute atomic E-state index is 4.73. The van der Waals surface area contributed by atoms with Crippen molar-refractivity contribution in [1.82, 2.24) is 9.97 Å². The molecule has 88 valence electrons. The van der Waals surface area contributed by atoms with Crippen molar-refractivity contribution in [2.75, 3.05) is 0 Å². The predicted molar refractivity (Wildman–Crippen MR) is 66.8 cm³/mol. The van der Waals surface area contributed by atoms with Crippen molar-refractivity contribution >= 4 is 0 Å². The maximum atomic E-state index is 4.73.